The molecular formula is C9H8F3NS. The van der Waals surface area contributed by atoms with E-state index in [0.717, 1.165) is 25.0 Å². The van der Waals surface area contributed by atoms with Gasteiger partial charge in [0.15, 0.2) is 0 Å². The van der Waals surface area contributed by atoms with Gasteiger partial charge in [-0.25, -0.2) is 0 Å². The zero-order valence-electron chi connectivity index (χ0n) is 7.19. The molecule has 2 rings (SSSR count). The lowest BCUT2D eigenvalue weighted by Crippen LogP contribution is -2.06. The minimum absolute atomic E-state index is 0.154. The predicted molar refractivity (Wildman–Crippen MR) is 48.6 cm³/mol. The van der Waals surface area contributed by atoms with Crippen molar-refractivity contribution in [3.63, 3.8) is 0 Å². The fourth-order valence-electron chi connectivity index (χ4n) is 1.34. The summed E-state index contributed by atoms with van der Waals surface area (Å²) in [5, 5.41) is 0. The fourth-order valence-corrected chi connectivity index (χ4v) is 1.59. The maximum absolute atomic E-state index is 12.4. The molecule has 76 valence electrons. The van der Waals surface area contributed by atoms with Crippen LogP contribution in [0, 0.1) is 4.64 Å². The van der Waals surface area contributed by atoms with Gasteiger partial charge in [0.25, 0.3) is 0 Å². The van der Waals surface area contributed by atoms with Crippen molar-refractivity contribution in [2.24, 2.45) is 0 Å². The number of hydrogen-bond acceptors (Lipinski definition) is 1. The highest BCUT2D eigenvalue weighted by Gasteiger charge is 2.33. The second kappa shape index (κ2) is 3.08. The third kappa shape index (κ3) is 1.97. The number of aromatic amines is 1. The standard InChI is InChI=1S/C9H8F3NS/c10-9(11,12)6-3-7(5-1-2-5)13-8(14)4-6/h3-5H,1-2H2,(H,13,14). The molecule has 0 aliphatic heterocycles. The summed E-state index contributed by atoms with van der Waals surface area (Å²) in [6, 6.07) is 2.12. The third-order valence-electron chi connectivity index (χ3n) is 2.21. The quantitative estimate of drug-likeness (QED) is 0.713. The van der Waals surface area contributed by atoms with Crippen LogP contribution in [-0.4, -0.2) is 4.98 Å². The lowest BCUT2D eigenvalue weighted by atomic mass is 10.2. The van der Waals surface area contributed by atoms with Crippen molar-refractivity contribution >= 4 is 12.2 Å². The van der Waals surface area contributed by atoms with Gasteiger partial charge in [-0.15, -0.1) is 0 Å². The minimum atomic E-state index is -4.30. The molecule has 0 radical (unpaired) electrons. The van der Waals surface area contributed by atoms with Crippen molar-refractivity contribution < 1.29 is 13.2 Å². The van der Waals surface area contributed by atoms with Gasteiger partial charge < -0.3 is 4.98 Å². The number of hydrogen-bond donors (Lipinski definition) is 1. The summed E-state index contributed by atoms with van der Waals surface area (Å²) in [7, 11) is 0. The minimum Gasteiger partial charge on any atom is -0.350 e. The maximum atomic E-state index is 12.4. The van der Waals surface area contributed by atoms with Gasteiger partial charge >= 0.3 is 6.18 Å². The van der Waals surface area contributed by atoms with Crippen LogP contribution in [0.15, 0.2) is 12.1 Å². The van der Waals surface area contributed by atoms with Crippen molar-refractivity contribution in [2.75, 3.05) is 0 Å². The average molecular weight is 219 g/mol. The molecule has 0 spiro atoms. The fraction of sp³-hybridized carbons (Fsp3) is 0.444. The molecule has 1 nitrogen and oxygen atoms in total. The van der Waals surface area contributed by atoms with Crippen molar-refractivity contribution in [3.8, 4) is 0 Å². The molecule has 1 aromatic rings. The van der Waals surface area contributed by atoms with E-state index in [1.54, 1.807) is 0 Å². The Kier molecular flexibility index (Phi) is 2.14. The molecule has 1 fully saturated rings. The number of halogens is 3. The monoisotopic (exact) mass is 219 g/mol. The molecule has 14 heavy (non-hydrogen) atoms. The topological polar surface area (TPSA) is 15.8 Å². The molecule has 1 saturated carbocycles. The maximum Gasteiger partial charge on any atom is 0.416 e. The molecular weight excluding hydrogens is 211 g/mol. The lowest BCUT2D eigenvalue weighted by molar-refractivity contribution is -0.137. The van der Waals surface area contributed by atoms with E-state index in [2.05, 4.69) is 4.98 Å². The van der Waals surface area contributed by atoms with E-state index < -0.39 is 11.7 Å². The van der Waals surface area contributed by atoms with Crippen LogP contribution >= 0.6 is 12.2 Å². The van der Waals surface area contributed by atoms with Crippen LogP contribution in [0.5, 0.6) is 0 Å². The molecule has 1 heterocycles. The Bertz CT molecular complexity index is 403. The normalized spacial score (nSPS) is 17.1. The number of H-pyrrole nitrogens is 1. The Hall–Kier alpha value is -0.840. The van der Waals surface area contributed by atoms with Gasteiger partial charge in [-0.1, -0.05) is 12.2 Å². The number of nitrogens with one attached hydrogen (secondary N) is 1. The first-order chi connectivity index (χ1) is 6.47. The van der Waals surface area contributed by atoms with Crippen LogP contribution in [0.25, 0.3) is 0 Å². The van der Waals surface area contributed by atoms with E-state index in [1.165, 1.54) is 0 Å². The van der Waals surface area contributed by atoms with Crippen molar-refractivity contribution in [1.82, 2.24) is 4.98 Å². The van der Waals surface area contributed by atoms with Crippen LogP contribution in [-0.2, 0) is 6.18 Å². The third-order valence-corrected chi connectivity index (χ3v) is 2.43. The Labute approximate surface area is 84.0 Å². The van der Waals surface area contributed by atoms with Crippen LogP contribution < -0.4 is 0 Å². The van der Waals surface area contributed by atoms with E-state index in [0.29, 0.717) is 5.69 Å². The van der Waals surface area contributed by atoms with Gasteiger partial charge in [-0.3, -0.25) is 0 Å². The van der Waals surface area contributed by atoms with Crippen LogP contribution in [0.4, 0.5) is 13.2 Å². The molecule has 0 atom stereocenters. The van der Waals surface area contributed by atoms with Crippen molar-refractivity contribution in [2.45, 2.75) is 24.9 Å². The van der Waals surface area contributed by atoms with Gasteiger partial charge in [0.1, 0.15) is 4.64 Å². The zero-order valence-corrected chi connectivity index (χ0v) is 8.00. The van der Waals surface area contributed by atoms with E-state index in [9.17, 15) is 13.2 Å². The first-order valence-electron chi connectivity index (χ1n) is 4.28. The number of aromatic nitrogens is 1. The number of rotatable bonds is 1. The van der Waals surface area contributed by atoms with Crippen molar-refractivity contribution in [3.05, 3.63) is 28.0 Å². The number of alkyl halides is 3. The lowest BCUT2D eigenvalue weighted by Gasteiger charge is -2.08. The van der Waals surface area contributed by atoms with Gasteiger partial charge in [0.05, 0.1) is 5.56 Å². The molecule has 1 aromatic heterocycles. The summed E-state index contributed by atoms with van der Waals surface area (Å²) >= 11 is 4.75. The summed E-state index contributed by atoms with van der Waals surface area (Å²) in [5.74, 6) is 0.249. The van der Waals surface area contributed by atoms with E-state index in [4.69, 9.17) is 12.2 Å². The molecule has 1 N–H and O–H groups in total. The van der Waals surface area contributed by atoms with E-state index in [-0.39, 0.29) is 10.6 Å². The second-order valence-electron chi connectivity index (χ2n) is 3.46. The van der Waals surface area contributed by atoms with Crippen LogP contribution in [0.3, 0.4) is 0 Å². The summed E-state index contributed by atoms with van der Waals surface area (Å²) < 4.78 is 37.3. The highest BCUT2D eigenvalue weighted by atomic mass is 32.1. The number of pyridine rings is 1. The Morgan fingerprint density at radius 3 is 2.43 bits per heavy atom. The Morgan fingerprint density at radius 2 is 1.93 bits per heavy atom. The molecule has 1 aliphatic carbocycles. The van der Waals surface area contributed by atoms with Crippen LogP contribution in [0.2, 0.25) is 0 Å². The van der Waals surface area contributed by atoms with Gasteiger partial charge in [0, 0.05) is 5.69 Å². The van der Waals surface area contributed by atoms with Crippen molar-refractivity contribution in [1.29, 1.82) is 0 Å². The van der Waals surface area contributed by atoms with Crippen LogP contribution in [0.1, 0.15) is 30.0 Å². The molecule has 0 aromatic carbocycles. The molecule has 5 heteroatoms. The zero-order chi connectivity index (χ0) is 10.3. The first-order valence-corrected chi connectivity index (χ1v) is 4.69. The SMILES string of the molecule is FC(F)(F)c1cc(C2CC2)[nH]c(=S)c1. The summed E-state index contributed by atoms with van der Waals surface area (Å²) in [6.07, 6.45) is -2.40. The van der Waals surface area contributed by atoms with Gasteiger partial charge in [-0.2, -0.15) is 13.2 Å². The molecule has 0 bridgehead atoms. The molecule has 0 unspecified atom stereocenters. The van der Waals surface area contributed by atoms with Gasteiger partial charge in [0.2, 0.25) is 0 Å². The first kappa shape index (κ1) is 9.71. The predicted octanol–water partition coefficient (Wildman–Crippen LogP) is 3.64. The Balaban J connectivity index is 2.46. The average Bonchev–Trinajstić information content (AvgIpc) is 2.83. The summed E-state index contributed by atoms with van der Waals surface area (Å²) in [5.41, 5.74) is -0.0343. The highest BCUT2D eigenvalue weighted by molar-refractivity contribution is 7.71. The molecule has 1 aliphatic rings. The summed E-state index contributed by atoms with van der Waals surface area (Å²) in [6.45, 7) is 0. The largest absolute Gasteiger partial charge is 0.416 e. The summed E-state index contributed by atoms with van der Waals surface area (Å²) in [4.78, 5) is 2.80. The molecule has 0 saturated heterocycles. The smallest absolute Gasteiger partial charge is 0.350 e. The van der Waals surface area contributed by atoms with E-state index >= 15 is 0 Å². The Morgan fingerprint density at radius 1 is 1.29 bits per heavy atom. The highest BCUT2D eigenvalue weighted by Crippen LogP contribution is 2.40. The molecule has 0 amide bonds. The van der Waals surface area contributed by atoms with Gasteiger partial charge in [-0.05, 0) is 30.9 Å². The second-order valence-corrected chi connectivity index (χ2v) is 3.90. The van der Waals surface area contributed by atoms with E-state index in [1.807, 2.05) is 0 Å².